The highest BCUT2D eigenvalue weighted by molar-refractivity contribution is 5.67. The summed E-state index contributed by atoms with van der Waals surface area (Å²) in [7, 11) is 0. The lowest BCUT2D eigenvalue weighted by Crippen LogP contribution is -2.43. The van der Waals surface area contributed by atoms with Gasteiger partial charge in [-0.05, 0) is 46.5 Å². The normalized spacial score (nSPS) is 25.4. The maximum Gasteiger partial charge on any atom is 0.408 e. The van der Waals surface area contributed by atoms with Crippen LogP contribution in [0, 0.1) is 0 Å². The van der Waals surface area contributed by atoms with Gasteiger partial charge in [-0.3, -0.25) is 5.32 Å². The molecule has 0 spiro atoms. The summed E-state index contributed by atoms with van der Waals surface area (Å²) in [6.07, 6.45) is 3.04. The van der Waals surface area contributed by atoms with Crippen LogP contribution in [0.2, 0.25) is 0 Å². The van der Waals surface area contributed by atoms with Gasteiger partial charge in [0.05, 0.1) is 12.8 Å². The summed E-state index contributed by atoms with van der Waals surface area (Å²) in [5, 5.41) is 15.2. The molecule has 0 unspecified atom stereocenters. The first-order chi connectivity index (χ1) is 7.87. The summed E-state index contributed by atoms with van der Waals surface area (Å²) >= 11 is 0. The number of hydrogen-bond donors (Lipinski definition) is 3. The third-order valence-corrected chi connectivity index (χ3v) is 2.72. The first-order valence-electron chi connectivity index (χ1n) is 6.25. The van der Waals surface area contributed by atoms with Crippen molar-refractivity contribution < 1.29 is 14.6 Å². The lowest BCUT2D eigenvalue weighted by molar-refractivity contribution is 0.0517. The standard InChI is InChI=1S/C12H24N2O3/c1-12(2,3)17-11(16)14-8-13-9-4-6-10(15)7-5-9/h9-10,13,15H,4-8H2,1-3H3,(H,14,16). The third-order valence-electron chi connectivity index (χ3n) is 2.72. The lowest BCUT2D eigenvalue weighted by Gasteiger charge is -2.26. The average molecular weight is 244 g/mol. The van der Waals surface area contributed by atoms with E-state index in [1.165, 1.54) is 0 Å². The van der Waals surface area contributed by atoms with Crippen molar-refractivity contribution in [2.75, 3.05) is 6.67 Å². The maximum absolute atomic E-state index is 11.3. The van der Waals surface area contributed by atoms with E-state index in [4.69, 9.17) is 4.74 Å². The number of aliphatic hydroxyl groups is 1. The van der Waals surface area contributed by atoms with Crippen molar-refractivity contribution in [3.8, 4) is 0 Å². The van der Waals surface area contributed by atoms with Crippen molar-refractivity contribution in [3.05, 3.63) is 0 Å². The van der Waals surface area contributed by atoms with Crippen LogP contribution in [-0.4, -0.2) is 35.6 Å². The second kappa shape index (κ2) is 6.21. The lowest BCUT2D eigenvalue weighted by atomic mass is 9.93. The van der Waals surface area contributed by atoms with E-state index in [1.54, 1.807) is 0 Å². The first kappa shape index (κ1) is 14.3. The number of hydrogen-bond acceptors (Lipinski definition) is 4. The third kappa shape index (κ3) is 6.48. The Morgan fingerprint density at radius 3 is 2.41 bits per heavy atom. The molecule has 0 saturated heterocycles. The summed E-state index contributed by atoms with van der Waals surface area (Å²) in [6, 6.07) is 0.383. The fourth-order valence-corrected chi connectivity index (χ4v) is 1.86. The van der Waals surface area contributed by atoms with E-state index in [0.717, 1.165) is 25.7 Å². The molecule has 0 heterocycles. The van der Waals surface area contributed by atoms with E-state index in [2.05, 4.69) is 10.6 Å². The maximum atomic E-state index is 11.3. The molecule has 100 valence electrons. The molecule has 0 atom stereocenters. The molecule has 0 aromatic rings. The quantitative estimate of drug-likeness (QED) is 0.656. The van der Waals surface area contributed by atoms with Crippen LogP contribution in [0.25, 0.3) is 0 Å². The van der Waals surface area contributed by atoms with Crippen LogP contribution in [0.5, 0.6) is 0 Å². The van der Waals surface area contributed by atoms with Crippen LogP contribution < -0.4 is 10.6 Å². The van der Waals surface area contributed by atoms with Crippen LogP contribution in [0.3, 0.4) is 0 Å². The van der Waals surface area contributed by atoms with Gasteiger partial charge in [0.2, 0.25) is 0 Å². The molecular formula is C12H24N2O3. The Balaban J connectivity index is 2.09. The molecular weight excluding hydrogens is 220 g/mol. The number of amides is 1. The highest BCUT2D eigenvalue weighted by Crippen LogP contribution is 2.17. The molecule has 5 nitrogen and oxygen atoms in total. The zero-order chi connectivity index (χ0) is 12.9. The minimum absolute atomic E-state index is 0.146. The predicted octanol–water partition coefficient (Wildman–Crippen LogP) is 1.36. The minimum Gasteiger partial charge on any atom is -0.444 e. The Hall–Kier alpha value is -0.810. The molecule has 0 aliphatic heterocycles. The van der Waals surface area contributed by atoms with Gasteiger partial charge in [0.1, 0.15) is 5.60 Å². The van der Waals surface area contributed by atoms with Gasteiger partial charge in [-0.2, -0.15) is 0 Å². The molecule has 0 bridgehead atoms. The fraction of sp³-hybridized carbons (Fsp3) is 0.917. The molecule has 0 radical (unpaired) electrons. The number of carbonyl (C=O) groups is 1. The first-order valence-corrected chi connectivity index (χ1v) is 6.25. The second-order valence-corrected chi connectivity index (χ2v) is 5.57. The van der Waals surface area contributed by atoms with E-state index in [0.29, 0.717) is 12.7 Å². The Morgan fingerprint density at radius 2 is 1.88 bits per heavy atom. The van der Waals surface area contributed by atoms with Gasteiger partial charge in [-0.15, -0.1) is 0 Å². The van der Waals surface area contributed by atoms with Crippen molar-refractivity contribution in [2.24, 2.45) is 0 Å². The number of ether oxygens (including phenoxy) is 1. The number of nitrogens with one attached hydrogen (secondary N) is 2. The van der Waals surface area contributed by atoms with Crippen LogP contribution in [-0.2, 0) is 4.74 Å². The summed E-state index contributed by atoms with van der Waals surface area (Å²) in [6.45, 7) is 5.92. The molecule has 17 heavy (non-hydrogen) atoms. The van der Waals surface area contributed by atoms with E-state index in [-0.39, 0.29) is 6.10 Å². The molecule has 0 aromatic carbocycles. The van der Waals surface area contributed by atoms with Crippen molar-refractivity contribution in [3.63, 3.8) is 0 Å². The van der Waals surface area contributed by atoms with Gasteiger partial charge in [-0.1, -0.05) is 0 Å². The van der Waals surface area contributed by atoms with Gasteiger partial charge in [0, 0.05) is 6.04 Å². The van der Waals surface area contributed by atoms with E-state index >= 15 is 0 Å². The zero-order valence-corrected chi connectivity index (χ0v) is 11.0. The fourth-order valence-electron chi connectivity index (χ4n) is 1.86. The number of alkyl carbamates (subject to hydrolysis) is 1. The highest BCUT2D eigenvalue weighted by atomic mass is 16.6. The second-order valence-electron chi connectivity index (χ2n) is 5.57. The van der Waals surface area contributed by atoms with Crippen molar-refractivity contribution in [1.82, 2.24) is 10.6 Å². The molecule has 0 aromatic heterocycles. The highest BCUT2D eigenvalue weighted by Gasteiger charge is 2.19. The monoisotopic (exact) mass is 244 g/mol. The summed E-state index contributed by atoms with van der Waals surface area (Å²) < 4.78 is 5.11. The predicted molar refractivity (Wildman–Crippen MR) is 65.6 cm³/mol. The van der Waals surface area contributed by atoms with Crippen LogP contribution >= 0.6 is 0 Å². The van der Waals surface area contributed by atoms with Crippen molar-refractivity contribution in [1.29, 1.82) is 0 Å². The minimum atomic E-state index is -0.459. The summed E-state index contributed by atoms with van der Waals surface area (Å²) in [4.78, 5) is 11.3. The molecule has 1 aliphatic carbocycles. The smallest absolute Gasteiger partial charge is 0.408 e. The zero-order valence-electron chi connectivity index (χ0n) is 11.0. The largest absolute Gasteiger partial charge is 0.444 e. The van der Waals surface area contributed by atoms with Crippen LogP contribution in [0.1, 0.15) is 46.5 Å². The SMILES string of the molecule is CC(C)(C)OC(=O)NCNC1CCC(O)CC1. The van der Waals surface area contributed by atoms with Crippen molar-refractivity contribution >= 4 is 6.09 Å². The number of rotatable bonds is 3. The summed E-state index contributed by atoms with van der Waals surface area (Å²) in [5.41, 5.74) is -0.459. The van der Waals surface area contributed by atoms with Gasteiger partial charge in [0.25, 0.3) is 0 Å². The Morgan fingerprint density at radius 1 is 1.29 bits per heavy atom. The topological polar surface area (TPSA) is 70.6 Å². The molecule has 1 amide bonds. The average Bonchev–Trinajstić information content (AvgIpc) is 2.18. The molecule has 3 N–H and O–H groups in total. The molecule has 1 fully saturated rings. The van der Waals surface area contributed by atoms with Gasteiger partial charge >= 0.3 is 6.09 Å². The van der Waals surface area contributed by atoms with E-state index in [9.17, 15) is 9.90 Å². The Bertz CT molecular complexity index is 243. The molecule has 5 heteroatoms. The molecule has 1 saturated carbocycles. The van der Waals surface area contributed by atoms with Gasteiger partial charge in [0.15, 0.2) is 0 Å². The summed E-state index contributed by atoms with van der Waals surface area (Å²) in [5.74, 6) is 0. The van der Waals surface area contributed by atoms with E-state index < -0.39 is 11.7 Å². The number of carbonyl (C=O) groups excluding carboxylic acids is 1. The molecule has 1 aliphatic rings. The van der Waals surface area contributed by atoms with Gasteiger partial charge in [-0.25, -0.2) is 4.79 Å². The van der Waals surface area contributed by atoms with E-state index in [1.807, 2.05) is 20.8 Å². The number of aliphatic hydroxyl groups excluding tert-OH is 1. The van der Waals surface area contributed by atoms with Gasteiger partial charge < -0.3 is 15.2 Å². The molecule has 1 rings (SSSR count). The van der Waals surface area contributed by atoms with Crippen molar-refractivity contribution in [2.45, 2.75) is 64.2 Å². The van der Waals surface area contributed by atoms with Crippen LogP contribution in [0.15, 0.2) is 0 Å². The Labute approximate surface area is 103 Å². The van der Waals surface area contributed by atoms with Crippen LogP contribution in [0.4, 0.5) is 4.79 Å². The Kier molecular flexibility index (Phi) is 5.21.